The van der Waals surface area contributed by atoms with Gasteiger partial charge in [0, 0.05) is 12.7 Å². The summed E-state index contributed by atoms with van der Waals surface area (Å²) in [5, 5.41) is 0. The van der Waals surface area contributed by atoms with Crippen LogP contribution < -0.4 is 0 Å². The van der Waals surface area contributed by atoms with Crippen LogP contribution in [-0.4, -0.2) is 9.55 Å². The lowest BCUT2D eigenvalue weighted by molar-refractivity contribution is -0.140. The molecule has 0 spiro atoms. The maximum Gasteiger partial charge on any atom is 0.434 e. The lowest BCUT2D eigenvalue weighted by Crippen LogP contribution is -2.05. The summed E-state index contributed by atoms with van der Waals surface area (Å²) in [6.45, 7) is 0.393. The number of aromatic nitrogens is 2. The third-order valence-corrected chi connectivity index (χ3v) is 2.13. The minimum absolute atomic E-state index is 0.393. The zero-order chi connectivity index (χ0) is 11.6. The van der Waals surface area contributed by atoms with Crippen molar-refractivity contribution in [3.05, 3.63) is 54.1 Å². The Hall–Kier alpha value is -1.78. The Morgan fingerprint density at radius 3 is 2.38 bits per heavy atom. The summed E-state index contributed by atoms with van der Waals surface area (Å²) in [6.07, 6.45) is -2.18. The minimum atomic E-state index is -4.37. The molecule has 0 aliphatic rings. The van der Waals surface area contributed by atoms with Crippen LogP contribution in [0.25, 0.3) is 0 Å². The molecule has 2 nitrogen and oxygen atoms in total. The molecule has 84 valence electrons. The Bertz CT molecular complexity index is 460. The standard InChI is InChI=1S/C11H9F3N2/c12-11(13,14)10-7-16(8-15-10)6-9-4-2-1-3-5-9/h1-5,7-8H,6H2. The SMILES string of the molecule is FC(F)(F)c1cn(Cc2ccccc2)cn1. The molecule has 0 fully saturated rings. The molecule has 0 saturated heterocycles. The van der Waals surface area contributed by atoms with Crippen LogP contribution >= 0.6 is 0 Å². The summed E-state index contributed by atoms with van der Waals surface area (Å²) in [5.74, 6) is 0. The highest BCUT2D eigenvalue weighted by Gasteiger charge is 2.33. The number of hydrogen-bond acceptors (Lipinski definition) is 1. The van der Waals surface area contributed by atoms with Crippen molar-refractivity contribution in [2.75, 3.05) is 0 Å². The van der Waals surface area contributed by atoms with Crippen LogP contribution in [0.4, 0.5) is 13.2 Å². The summed E-state index contributed by atoms with van der Waals surface area (Å²) >= 11 is 0. The highest BCUT2D eigenvalue weighted by molar-refractivity contribution is 5.15. The first-order valence-electron chi connectivity index (χ1n) is 4.68. The van der Waals surface area contributed by atoms with Gasteiger partial charge in [-0.25, -0.2) is 4.98 Å². The van der Waals surface area contributed by atoms with Crippen LogP contribution in [0.3, 0.4) is 0 Å². The summed E-state index contributed by atoms with van der Waals surface area (Å²) in [5.41, 5.74) is 0.0806. The van der Waals surface area contributed by atoms with Gasteiger partial charge in [-0.3, -0.25) is 0 Å². The smallest absolute Gasteiger partial charge is 0.332 e. The van der Waals surface area contributed by atoms with E-state index in [1.54, 1.807) is 0 Å². The Morgan fingerprint density at radius 1 is 1.12 bits per heavy atom. The Labute approximate surface area is 90.4 Å². The van der Waals surface area contributed by atoms with Crippen LogP contribution in [0, 0.1) is 0 Å². The van der Waals surface area contributed by atoms with Gasteiger partial charge in [-0.05, 0) is 5.56 Å². The van der Waals surface area contributed by atoms with Gasteiger partial charge >= 0.3 is 6.18 Å². The fraction of sp³-hybridized carbons (Fsp3) is 0.182. The Morgan fingerprint density at radius 2 is 1.81 bits per heavy atom. The molecule has 0 aliphatic carbocycles. The fourth-order valence-electron chi connectivity index (χ4n) is 1.39. The monoisotopic (exact) mass is 226 g/mol. The average molecular weight is 226 g/mol. The predicted molar refractivity (Wildman–Crippen MR) is 52.8 cm³/mol. The Balaban J connectivity index is 2.15. The number of imidazole rings is 1. The maximum absolute atomic E-state index is 12.3. The van der Waals surface area contributed by atoms with E-state index in [-0.39, 0.29) is 0 Å². The molecule has 2 aromatic rings. The summed E-state index contributed by atoms with van der Waals surface area (Å²) in [4.78, 5) is 3.32. The van der Waals surface area contributed by atoms with E-state index in [4.69, 9.17) is 0 Å². The molecule has 2 rings (SSSR count). The number of hydrogen-bond donors (Lipinski definition) is 0. The minimum Gasteiger partial charge on any atom is -0.332 e. The van der Waals surface area contributed by atoms with Crippen molar-refractivity contribution in [2.45, 2.75) is 12.7 Å². The number of alkyl halides is 3. The molecular weight excluding hydrogens is 217 g/mol. The average Bonchev–Trinajstić information content (AvgIpc) is 2.67. The lowest BCUT2D eigenvalue weighted by Gasteiger charge is -2.02. The van der Waals surface area contributed by atoms with Crippen LogP contribution in [0.15, 0.2) is 42.9 Å². The van der Waals surface area contributed by atoms with Crippen molar-refractivity contribution in [3.63, 3.8) is 0 Å². The third kappa shape index (κ3) is 2.42. The predicted octanol–water partition coefficient (Wildman–Crippen LogP) is 2.95. The first-order chi connectivity index (χ1) is 7.55. The van der Waals surface area contributed by atoms with E-state index in [9.17, 15) is 13.2 Å². The maximum atomic E-state index is 12.3. The molecule has 16 heavy (non-hydrogen) atoms. The van der Waals surface area contributed by atoms with E-state index in [0.29, 0.717) is 6.54 Å². The van der Waals surface area contributed by atoms with Gasteiger partial charge in [0.05, 0.1) is 6.33 Å². The second kappa shape index (κ2) is 4.00. The van der Waals surface area contributed by atoms with E-state index in [2.05, 4.69) is 4.98 Å². The Kier molecular flexibility index (Phi) is 2.68. The normalized spacial score (nSPS) is 11.7. The van der Waals surface area contributed by atoms with Crippen LogP contribution in [0.1, 0.15) is 11.3 Å². The van der Waals surface area contributed by atoms with E-state index in [0.717, 1.165) is 11.8 Å². The first kappa shape index (κ1) is 10.7. The van der Waals surface area contributed by atoms with Crippen molar-refractivity contribution in [3.8, 4) is 0 Å². The van der Waals surface area contributed by atoms with Crippen molar-refractivity contribution in [2.24, 2.45) is 0 Å². The van der Waals surface area contributed by atoms with Crippen molar-refractivity contribution < 1.29 is 13.2 Å². The molecule has 0 amide bonds. The third-order valence-electron chi connectivity index (χ3n) is 2.13. The number of halogens is 3. The summed E-state index contributed by atoms with van der Waals surface area (Å²) < 4.78 is 38.2. The summed E-state index contributed by atoms with van der Waals surface area (Å²) in [6, 6.07) is 9.26. The highest BCUT2D eigenvalue weighted by atomic mass is 19.4. The molecule has 0 N–H and O–H groups in total. The molecular formula is C11H9F3N2. The topological polar surface area (TPSA) is 17.8 Å². The van der Waals surface area contributed by atoms with Gasteiger partial charge in [0.25, 0.3) is 0 Å². The van der Waals surface area contributed by atoms with E-state index in [1.807, 2.05) is 30.3 Å². The number of rotatable bonds is 2. The second-order valence-electron chi connectivity index (χ2n) is 3.41. The van der Waals surface area contributed by atoms with Gasteiger partial charge in [-0.15, -0.1) is 0 Å². The van der Waals surface area contributed by atoms with E-state index < -0.39 is 11.9 Å². The largest absolute Gasteiger partial charge is 0.434 e. The molecule has 1 heterocycles. The van der Waals surface area contributed by atoms with Crippen LogP contribution in [0.2, 0.25) is 0 Å². The van der Waals surface area contributed by atoms with Crippen molar-refractivity contribution >= 4 is 0 Å². The van der Waals surface area contributed by atoms with Gasteiger partial charge in [-0.1, -0.05) is 30.3 Å². The zero-order valence-corrected chi connectivity index (χ0v) is 8.28. The fourth-order valence-corrected chi connectivity index (χ4v) is 1.39. The van der Waals surface area contributed by atoms with Gasteiger partial charge in [0.15, 0.2) is 5.69 Å². The van der Waals surface area contributed by atoms with Gasteiger partial charge in [-0.2, -0.15) is 13.2 Å². The second-order valence-corrected chi connectivity index (χ2v) is 3.41. The molecule has 1 aromatic heterocycles. The molecule has 1 aromatic carbocycles. The highest BCUT2D eigenvalue weighted by Crippen LogP contribution is 2.27. The van der Waals surface area contributed by atoms with Crippen molar-refractivity contribution in [1.82, 2.24) is 9.55 Å². The quantitative estimate of drug-likeness (QED) is 0.769. The van der Waals surface area contributed by atoms with Gasteiger partial charge < -0.3 is 4.57 Å². The number of benzene rings is 1. The molecule has 0 radical (unpaired) electrons. The molecule has 0 saturated carbocycles. The molecule has 0 unspecified atom stereocenters. The summed E-state index contributed by atoms with van der Waals surface area (Å²) in [7, 11) is 0. The number of nitrogens with zero attached hydrogens (tertiary/aromatic N) is 2. The zero-order valence-electron chi connectivity index (χ0n) is 8.28. The van der Waals surface area contributed by atoms with Crippen LogP contribution in [-0.2, 0) is 12.7 Å². The van der Waals surface area contributed by atoms with Crippen molar-refractivity contribution in [1.29, 1.82) is 0 Å². The van der Waals surface area contributed by atoms with Crippen LogP contribution in [0.5, 0.6) is 0 Å². The molecule has 5 heteroatoms. The lowest BCUT2D eigenvalue weighted by atomic mass is 10.2. The molecule has 0 bridgehead atoms. The van der Waals surface area contributed by atoms with E-state index in [1.165, 1.54) is 10.9 Å². The van der Waals surface area contributed by atoms with E-state index >= 15 is 0 Å². The molecule has 0 atom stereocenters. The van der Waals surface area contributed by atoms with Gasteiger partial charge in [0.2, 0.25) is 0 Å². The molecule has 0 aliphatic heterocycles. The first-order valence-corrected chi connectivity index (χ1v) is 4.68. The van der Waals surface area contributed by atoms with Gasteiger partial charge in [0.1, 0.15) is 0 Å².